The second kappa shape index (κ2) is 3.11. The zero-order chi connectivity index (χ0) is 6.97. The minimum Gasteiger partial charge on any atom is -0.254 e. The molecule has 0 aliphatic heterocycles. The minimum atomic E-state index is 0. The monoisotopic (exact) mass is 327 g/mol. The van der Waals surface area contributed by atoms with Gasteiger partial charge in [0.25, 0.3) is 0 Å². The third-order valence-corrected chi connectivity index (χ3v) is 1.46. The Morgan fingerprint density at radius 1 is 1.55 bits per heavy atom. The van der Waals surface area contributed by atoms with E-state index in [1.807, 2.05) is 34.6 Å². The van der Waals surface area contributed by atoms with Gasteiger partial charge in [-0.05, 0) is 0 Å². The Labute approximate surface area is 78.0 Å². The summed E-state index contributed by atoms with van der Waals surface area (Å²) in [6.45, 7) is 0. The predicted octanol–water partition coefficient (Wildman–Crippen LogP) is 0.951. The molecule has 4 heteroatoms. The molecule has 59 valence electrons. The molecular formula is C7H8IrN3+. The van der Waals surface area contributed by atoms with Crippen molar-refractivity contribution in [3.8, 4) is 0 Å². The first kappa shape index (κ1) is 8.37. The summed E-state index contributed by atoms with van der Waals surface area (Å²) < 4.78 is 3.97. The van der Waals surface area contributed by atoms with Crippen LogP contribution in [0.1, 0.15) is 0 Å². The summed E-state index contributed by atoms with van der Waals surface area (Å²) in [5.74, 6) is 0. The predicted molar refractivity (Wildman–Crippen MR) is 38.6 cm³/mol. The van der Waals surface area contributed by atoms with Crippen LogP contribution in [0.3, 0.4) is 0 Å². The van der Waals surface area contributed by atoms with Gasteiger partial charge in [-0.3, -0.25) is 4.57 Å². The van der Waals surface area contributed by atoms with Crippen molar-refractivity contribution >= 4 is 5.52 Å². The van der Waals surface area contributed by atoms with Crippen LogP contribution in [-0.4, -0.2) is 14.0 Å². The van der Waals surface area contributed by atoms with Crippen LogP contribution >= 0.6 is 0 Å². The normalized spacial score (nSPS) is 9.55. The van der Waals surface area contributed by atoms with Crippen molar-refractivity contribution in [3.05, 3.63) is 31.1 Å². The fraction of sp³-hybridized carbons (Fsp3) is 0.143. The van der Waals surface area contributed by atoms with Crippen LogP contribution in [0.2, 0.25) is 0 Å². The molecule has 0 amide bonds. The molecule has 0 bridgehead atoms. The number of nitrogens with zero attached hydrogens (tertiary/aromatic N) is 3. The van der Waals surface area contributed by atoms with Crippen LogP contribution < -0.4 is 0 Å². The fourth-order valence-corrected chi connectivity index (χ4v) is 1.03. The molecule has 0 atom stereocenters. The second-order valence-corrected chi connectivity index (χ2v) is 2.32. The van der Waals surface area contributed by atoms with Gasteiger partial charge in [0.2, 0.25) is 0 Å². The van der Waals surface area contributed by atoms with Crippen LogP contribution in [0, 0.1) is 0 Å². The van der Waals surface area contributed by atoms with Crippen molar-refractivity contribution < 1.29 is 20.1 Å². The summed E-state index contributed by atoms with van der Waals surface area (Å²) in [7, 11) is 1.99. The SMILES string of the molecule is Cn1cc2ccncn2[cH+]1.[Ir]. The van der Waals surface area contributed by atoms with Crippen molar-refractivity contribution in [2.45, 2.75) is 0 Å². The standard InChI is InChI=1S/C7H8N3.Ir/c1-9-4-7-2-3-8-5-10(7)6-9;/h2-6H,1H3;/q+1;. The fourth-order valence-electron chi connectivity index (χ4n) is 1.03. The molecule has 0 saturated heterocycles. The Morgan fingerprint density at radius 3 is 3.09 bits per heavy atom. The van der Waals surface area contributed by atoms with E-state index in [1.165, 1.54) is 0 Å². The molecule has 2 rings (SSSR count). The van der Waals surface area contributed by atoms with Gasteiger partial charge in [-0.2, -0.15) is 9.38 Å². The number of hydrogen-bond donors (Lipinski definition) is 0. The van der Waals surface area contributed by atoms with Gasteiger partial charge in [0.15, 0.2) is 18.2 Å². The number of hydrogen-bond acceptors (Lipinski definition) is 1. The number of aryl methyl sites for hydroxylation is 1. The molecule has 3 nitrogen and oxygen atoms in total. The first-order valence-corrected chi connectivity index (χ1v) is 3.13. The van der Waals surface area contributed by atoms with Crippen molar-refractivity contribution in [3.63, 3.8) is 0 Å². The molecule has 0 aromatic carbocycles. The molecule has 2 aromatic heterocycles. The van der Waals surface area contributed by atoms with Crippen molar-refractivity contribution in [2.75, 3.05) is 0 Å². The molecular weight excluding hydrogens is 318 g/mol. The van der Waals surface area contributed by atoms with Crippen molar-refractivity contribution in [1.29, 1.82) is 0 Å². The van der Waals surface area contributed by atoms with Crippen LogP contribution in [0.15, 0.2) is 31.1 Å². The van der Waals surface area contributed by atoms with Gasteiger partial charge in [-0.1, -0.05) is 0 Å². The Bertz CT molecular complexity index is 322. The topological polar surface area (TPSA) is 22.2 Å². The van der Waals surface area contributed by atoms with E-state index in [-0.39, 0.29) is 20.1 Å². The van der Waals surface area contributed by atoms with E-state index in [2.05, 4.69) is 4.98 Å². The Balaban J connectivity index is 0.000000605. The summed E-state index contributed by atoms with van der Waals surface area (Å²) in [4.78, 5) is 3.98. The van der Waals surface area contributed by atoms with Crippen LogP contribution in [-0.2, 0) is 27.2 Å². The van der Waals surface area contributed by atoms with Gasteiger partial charge in [0.1, 0.15) is 6.20 Å². The van der Waals surface area contributed by atoms with Gasteiger partial charge >= 0.3 is 0 Å². The summed E-state index contributed by atoms with van der Waals surface area (Å²) in [6, 6.07) is 1.97. The maximum atomic E-state index is 3.98. The van der Waals surface area contributed by atoms with E-state index in [9.17, 15) is 0 Å². The minimum absolute atomic E-state index is 0. The molecule has 1 radical (unpaired) electrons. The average molecular weight is 326 g/mol. The maximum Gasteiger partial charge on any atom is 0.186 e. The third kappa shape index (κ3) is 1.47. The zero-order valence-corrected chi connectivity index (χ0v) is 8.46. The van der Waals surface area contributed by atoms with Gasteiger partial charge in [0.05, 0.1) is 6.20 Å². The van der Waals surface area contributed by atoms with Gasteiger partial charge in [0, 0.05) is 33.2 Å². The Kier molecular flexibility index (Phi) is 2.37. The number of aromatic nitrogens is 3. The molecule has 0 aliphatic rings. The van der Waals surface area contributed by atoms with Crippen LogP contribution in [0.25, 0.3) is 5.52 Å². The molecule has 0 fully saturated rings. The molecule has 2 heterocycles. The molecule has 0 aliphatic carbocycles. The number of rotatable bonds is 0. The molecule has 11 heavy (non-hydrogen) atoms. The summed E-state index contributed by atoms with van der Waals surface area (Å²) in [6.07, 6.45) is 7.59. The van der Waals surface area contributed by atoms with E-state index in [1.54, 1.807) is 12.5 Å². The summed E-state index contributed by atoms with van der Waals surface area (Å²) in [5, 5.41) is 0. The van der Waals surface area contributed by atoms with E-state index < -0.39 is 0 Å². The molecule has 0 saturated carbocycles. The first-order chi connectivity index (χ1) is 4.86. The van der Waals surface area contributed by atoms with Crippen LogP contribution in [0.4, 0.5) is 0 Å². The first-order valence-electron chi connectivity index (χ1n) is 3.13. The van der Waals surface area contributed by atoms with E-state index in [4.69, 9.17) is 0 Å². The van der Waals surface area contributed by atoms with E-state index in [0.29, 0.717) is 0 Å². The summed E-state index contributed by atoms with van der Waals surface area (Å²) >= 11 is 0. The summed E-state index contributed by atoms with van der Waals surface area (Å²) in [5.41, 5.74) is 1.16. The van der Waals surface area contributed by atoms with E-state index >= 15 is 0 Å². The van der Waals surface area contributed by atoms with Crippen molar-refractivity contribution in [2.24, 2.45) is 7.05 Å². The van der Waals surface area contributed by atoms with E-state index in [0.717, 1.165) is 5.52 Å². The maximum absolute atomic E-state index is 3.98. The number of imidazole rings is 1. The zero-order valence-electron chi connectivity index (χ0n) is 6.06. The van der Waals surface area contributed by atoms with Gasteiger partial charge in [-0.25, -0.2) is 0 Å². The molecule has 0 unspecified atom stereocenters. The molecule has 0 spiro atoms. The van der Waals surface area contributed by atoms with Crippen LogP contribution in [0.5, 0.6) is 0 Å². The van der Waals surface area contributed by atoms with Crippen molar-refractivity contribution in [1.82, 2.24) is 14.0 Å². The largest absolute Gasteiger partial charge is 0.254 e. The average Bonchev–Trinajstić information content (AvgIpc) is 2.27. The second-order valence-electron chi connectivity index (χ2n) is 2.32. The third-order valence-electron chi connectivity index (χ3n) is 1.46. The number of fused-ring (bicyclic) bond motifs is 1. The quantitative estimate of drug-likeness (QED) is 0.661. The Hall–Kier alpha value is -0.731. The molecule has 0 N–H and O–H groups in total. The molecule has 2 aromatic rings. The van der Waals surface area contributed by atoms with Gasteiger partial charge in [-0.15, -0.1) is 0 Å². The van der Waals surface area contributed by atoms with Gasteiger partial charge < -0.3 is 0 Å². The smallest absolute Gasteiger partial charge is 0.186 e. The Morgan fingerprint density at radius 2 is 2.36 bits per heavy atom.